The predicted octanol–water partition coefficient (Wildman–Crippen LogP) is 4.57. The lowest BCUT2D eigenvalue weighted by atomic mass is 10.2. The van der Waals surface area contributed by atoms with Crippen LogP contribution < -0.4 is 0 Å². The molecule has 0 aromatic heterocycles. The van der Waals surface area contributed by atoms with E-state index in [1.54, 1.807) is 0 Å². The molecule has 0 bridgehead atoms. The first-order valence-electron chi connectivity index (χ1n) is 6.35. The number of hydrogen-bond donors (Lipinski definition) is 1. The normalized spacial score (nSPS) is 9.65. The third-order valence-electron chi connectivity index (χ3n) is 2.76. The van der Waals surface area contributed by atoms with Crippen LogP contribution in [-0.4, -0.2) is 26.2 Å². The van der Waals surface area contributed by atoms with Crippen molar-refractivity contribution in [2.24, 2.45) is 0 Å². The highest BCUT2D eigenvalue weighted by atomic mass is 35.5. The monoisotopic (exact) mass is 420 g/mol. The van der Waals surface area contributed by atoms with Crippen molar-refractivity contribution in [3.8, 4) is 0 Å². The molecule has 2 aromatic carbocycles. The number of carboxylic acids is 1. The van der Waals surface area contributed by atoms with E-state index in [1.165, 1.54) is 24.3 Å². The Morgan fingerprint density at radius 2 is 1.23 bits per heavy atom. The molecule has 0 unspecified atom stereocenters. The van der Waals surface area contributed by atoms with Crippen molar-refractivity contribution in [2.45, 2.75) is 0 Å². The minimum absolute atomic E-state index is 0.0216. The number of nitrogens with zero attached hydrogens (tertiary/aromatic N) is 2. The summed E-state index contributed by atoms with van der Waals surface area (Å²) >= 11 is 16.1. The van der Waals surface area contributed by atoms with Gasteiger partial charge in [0.1, 0.15) is 10.0 Å². The Bertz CT molecular complexity index is 829. The summed E-state index contributed by atoms with van der Waals surface area (Å²) in [5.74, 6) is -1.22. The number of carbonyl (C=O) groups is 2. The summed E-state index contributed by atoms with van der Waals surface area (Å²) in [5.41, 5.74) is -0.830. The Balaban J connectivity index is 0.000000260. The fraction of sp³-hybridized carbons (Fsp3) is 0. The predicted molar refractivity (Wildman–Crippen MR) is 93.4 cm³/mol. The molecule has 0 heterocycles. The SMILES string of the molecule is O=C(Cl)c1ccc(Cl)c([N+](=O)[O-])c1.O=C(O)c1ccc(Cl)c([N+](=O)[O-])c1. The molecule has 136 valence electrons. The van der Waals surface area contributed by atoms with Crippen LogP contribution in [0.4, 0.5) is 11.4 Å². The highest BCUT2D eigenvalue weighted by Crippen LogP contribution is 2.26. The highest BCUT2D eigenvalue weighted by molar-refractivity contribution is 6.67. The molecule has 2 rings (SSSR count). The number of aromatic carboxylic acids is 1. The van der Waals surface area contributed by atoms with E-state index in [-0.39, 0.29) is 26.9 Å². The standard InChI is InChI=1S/C7H3Cl2NO3.C7H4ClNO4/c8-5-2-1-4(7(9)11)3-6(5)10(12)13;8-5-2-1-4(7(10)11)3-6(5)9(12)13/h1-3H;1-3H,(H,10,11). The third-order valence-corrected chi connectivity index (χ3v) is 3.62. The number of nitro groups is 2. The smallest absolute Gasteiger partial charge is 0.335 e. The Kier molecular flexibility index (Phi) is 7.44. The first-order chi connectivity index (χ1) is 12.0. The van der Waals surface area contributed by atoms with Crippen LogP contribution in [-0.2, 0) is 0 Å². The van der Waals surface area contributed by atoms with Crippen molar-refractivity contribution in [2.75, 3.05) is 0 Å². The quantitative estimate of drug-likeness (QED) is 0.433. The summed E-state index contributed by atoms with van der Waals surface area (Å²) in [4.78, 5) is 40.3. The van der Waals surface area contributed by atoms with Gasteiger partial charge in [0, 0.05) is 17.7 Å². The zero-order chi connectivity index (χ0) is 20.0. The molecular formula is C14H7Cl3N2O7. The Hall–Kier alpha value is -2.75. The first-order valence-corrected chi connectivity index (χ1v) is 7.49. The maximum absolute atomic E-state index is 10.6. The molecule has 0 aliphatic carbocycles. The Morgan fingerprint density at radius 1 is 0.846 bits per heavy atom. The molecule has 0 spiro atoms. The van der Waals surface area contributed by atoms with Crippen LogP contribution in [0.3, 0.4) is 0 Å². The van der Waals surface area contributed by atoms with Gasteiger partial charge >= 0.3 is 5.97 Å². The van der Waals surface area contributed by atoms with Gasteiger partial charge in [0.15, 0.2) is 0 Å². The molecule has 0 aliphatic heterocycles. The molecule has 0 aliphatic rings. The van der Waals surface area contributed by atoms with E-state index in [2.05, 4.69) is 0 Å². The first kappa shape index (κ1) is 21.3. The highest BCUT2D eigenvalue weighted by Gasteiger charge is 2.15. The van der Waals surface area contributed by atoms with Crippen molar-refractivity contribution in [3.05, 3.63) is 77.8 Å². The minimum atomic E-state index is -1.22. The van der Waals surface area contributed by atoms with Crippen LogP contribution in [0.2, 0.25) is 10.0 Å². The van der Waals surface area contributed by atoms with E-state index in [1.807, 2.05) is 0 Å². The molecular weight excluding hydrogens is 415 g/mol. The summed E-state index contributed by atoms with van der Waals surface area (Å²) in [7, 11) is 0. The van der Waals surface area contributed by atoms with Crippen LogP contribution in [0.15, 0.2) is 36.4 Å². The largest absolute Gasteiger partial charge is 0.478 e. The number of nitro benzene ring substituents is 2. The molecule has 0 atom stereocenters. The van der Waals surface area contributed by atoms with Crippen molar-refractivity contribution < 1.29 is 24.5 Å². The van der Waals surface area contributed by atoms with Crippen molar-refractivity contribution in [3.63, 3.8) is 0 Å². The van der Waals surface area contributed by atoms with Crippen molar-refractivity contribution in [1.82, 2.24) is 0 Å². The molecule has 0 fully saturated rings. The summed E-state index contributed by atoms with van der Waals surface area (Å²) in [6.45, 7) is 0. The van der Waals surface area contributed by atoms with Gasteiger partial charge in [-0.3, -0.25) is 25.0 Å². The number of hydrogen-bond acceptors (Lipinski definition) is 6. The van der Waals surface area contributed by atoms with Gasteiger partial charge in [-0.2, -0.15) is 0 Å². The minimum Gasteiger partial charge on any atom is -0.478 e. The molecule has 2 aromatic rings. The summed E-state index contributed by atoms with van der Waals surface area (Å²) in [6, 6.07) is 6.93. The summed E-state index contributed by atoms with van der Waals surface area (Å²) in [5, 5.41) is 28.4. The zero-order valence-electron chi connectivity index (χ0n) is 12.4. The molecule has 0 radical (unpaired) electrons. The van der Waals surface area contributed by atoms with Gasteiger partial charge in [-0.25, -0.2) is 4.79 Å². The van der Waals surface area contributed by atoms with Gasteiger partial charge in [0.05, 0.1) is 15.4 Å². The lowest BCUT2D eigenvalue weighted by Crippen LogP contribution is -1.98. The van der Waals surface area contributed by atoms with Crippen LogP contribution in [0.1, 0.15) is 20.7 Å². The summed E-state index contributed by atoms with van der Waals surface area (Å²) in [6.07, 6.45) is 0. The van der Waals surface area contributed by atoms with E-state index in [9.17, 15) is 29.8 Å². The fourth-order valence-corrected chi connectivity index (χ4v) is 2.05. The molecule has 0 saturated heterocycles. The number of carboxylic acid groups (broad SMARTS) is 1. The lowest BCUT2D eigenvalue weighted by molar-refractivity contribution is -0.384. The number of benzene rings is 2. The van der Waals surface area contributed by atoms with E-state index in [4.69, 9.17) is 39.9 Å². The van der Waals surface area contributed by atoms with Crippen LogP contribution >= 0.6 is 34.8 Å². The second-order valence-corrected chi connectivity index (χ2v) is 5.58. The van der Waals surface area contributed by atoms with Crippen LogP contribution in [0, 0.1) is 20.2 Å². The van der Waals surface area contributed by atoms with Gasteiger partial charge < -0.3 is 5.11 Å². The fourth-order valence-electron chi connectivity index (χ4n) is 1.56. The molecule has 9 nitrogen and oxygen atoms in total. The van der Waals surface area contributed by atoms with Crippen LogP contribution in [0.5, 0.6) is 0 Å². The molecule has 0 saturated carbocycles. The number of halogens is 3. The molecule has 26 heavy (non-hydrogen) atoms. The van der Waals surface area contributed by atoms with Gasteiger partial charge in [0.2, 0.25) is 0 Å². The Morgan fingerprint density at radius 3 is 1.58 bits per heavy atom. The number of rotatable bonds is 4. The average Bonchev–Trinajstić information content (AvgIpc) is 2.55. The van der Waals surface area contributed by atoms with Crippen molar-refractivity contribution in [1.29, 1.82) is 0 Å². The maximum atomic E-state index is 10.6. The Labute approximate surface area is 160 Å². The molecule has 0 amide bonds. The van der Waals surface area contributed by atoms with Gasteiger partial charge in [0.25, 0.3) is 16.6 Å². The zero-order valence-corrected chi connectivity index (χ0v) is 14.7. The second-order valence-electron chi connectivity index (χ2n) is 4.43. The summed E-state index contributed by atoms with van der Waals surface area (Å²) < 4.78 is 0. The van der Waals surface area contributed by atoms with Gasteiger partial charge in [-0.15, -0.1) is 0 Å². The lowest BCUT2D eigenvalue weighted by Gasteiger charge is -1.96. The topological polar surface area (TPSA) is 141 Å². The van der Waals surface area contributed by atoms with E-state index in [0.717, 1.165) is 12.1 Å². The second kappa shape index (κ2) is 9.09. The van der Waals surface area contributed by atoms with Gasteiger partial charge in [-0.05, 0) is 35.9 Å². The number of carbonyl (C=O) groups excluding carboxylic acids is 1. The van der Waals surface area contributed by atoms with Crippen LogP contribution in [0.25, 0.3) is 0 Å². The van der Waals surface area contributed by atoms with E-state index >= 15 is 0 Å². The molecule has 12 heteroatoms. The van der Waals surface area contributed by atoms with E-state index < -0.39 is 26.7 Å². The van der Waals surface area contributed by atoms with Crippen molar-refractivity contribution >= 4 is 57.4 Å². The molecule has 1 N–H and O–H groups in total. The maximum Gasteiger partial charge on any atom is 0.335 e. The van der Waals surface area contributed by atoms with Gasteiger partial charge in [-0.1, -0.05) is 23.2 Å². The third kappa shape index (κ3) is 5.66. The average molecular weight is 422 g/mol. The van der Waals surface area contributed by atoms with E-state index in [0.29, 0.717) is 0 Å².